The number of hydrogen-bond acceptors (Lipinski definition) is 6. The molecule has 0 spiro atoms. The zero-order chi connectivity index (χ0) is 24.7. The fraction of sp³-hybridized carbons (Fsp3) is 0.208. The number of thioether (sulfide) groups is 1. The van der Waals surface area contributed by atoms with Gasteiger partial charge in [-0.3, -0.25) is 4.79 Å². The molecule has 0 saturated heterocycles. The smallest absolute Gasteiger partial charge is 0.387 e. The Bertz CT molecular complexity index is 1190. The molecule has 0 aliphatic rings. The van der Waals surface area contributed by atoms with E-state index in [2.05, 4.69) is 14.7 Å². The van der Waals surface area contributed by atoms with Gasteiger partial charge in [-0.25, -0.2) is 18.7 Å². The van der Waals surface area contributed by atoms with Crippen LogP contribution in [-0.4, -0.2) is 29.5 Å². The third-order valence-corrected chi connectivity index (χ3v) is 5.41. The first-order valence-corrected chi connectivity index (χ1v) is 10.9. The van der Waals surface area contributed by atoms with Crippen LogP contribution in [0.4, 0.5) is 17.6 Å². The Morgan fingerprint density at radius 1 is 1.09 bits per heavy atom. The van der Waals surface area contributed by atoms with Crippen molar-refractivity contribution in [1.82, 2.24) is 9.97 Å². The van der Waals surface area contributed by atoms with Gasteiger partial charge in [0.15, 0.2) is 10.9 Å². The summed E-state index contributed by atoms with van der Waals surface area (Å²) in [6.07, 6.45) is 0.206. The largest absolute Gasteiger partial charge is 0.496 e. The highest BCUT2D eigenvalue weighted by molar-refractivity contribution is 7.98. The van der Waals surface area contributed by atoms with E-state index >= 15 is 0 Å². The van der Waals surface area contributed by atoms with E-state index in [0.717, 1.165) is 5.56 Å². The number of benzene rings is 2. The van der Waals surface area contributed by atoms with Crippen molar-refractivity contribution in [1.29, 1.82) is 0 Å². The Balaban J connectivity index is 1.75. The predicted octanol–water partition coefficient (Wildman–Crippen LogP) is 6.52. The topological polar surface area (TPSA) is 61.3 Å². The fourth-order valence-corrected chi connectivity index (χ4v) is 3.88. The number of methoxy groups -OCH3 is 1. The monoisotopic (exact) mass is 492 g/mol. The van der Waals surface area contributed by atoms with Crippen LogP contribution in [0.25, 0.3) is 6.08 Å². The molecule has 3 aromatic rings. The number of allylic oxidation sites excluding steroid dienone is 1. The molecule has 0 radical (unpaired) electrons. The molecule has 0 bridgehead atoms. The van der Waals surface area contributed by atoms with Gasteiger partial charge in [0.25, 0.3) is 6.43 Å². The van der Waals surface area contributed by atoms with Crippen LogP contribution >= 0.6 is 11.8 Å². The Morgan fingerprint density at radius 2 is 1.88 bits per heavy atom. The number of aryl methyl sites for hydroxylation is 1. The van der Waals surface area contributed by atoms with Gasteiger partial charge < -0.3 is 9.47 Å². The number of carbonyl (C=O) groups excluding carboxylic acids is 1. The maximum atomic E-state index is 13.0. The molecule has 0 N–H and O–H groups in total. The lowest BCUT2D eigenvalue weighted by molar-refractivity contribution is -0.0498. The van der Waals surface area contributed by atoms with Gasteiger partial charge in [-0.2, -0.15) is 8.78 Å². The highest BCUT2D eigenvalue weighted by atomic mass is 32.2. The summed E-state index contributed by atoms with van der Waals surface area (Å²) in [5, 5.41) is 0.222. The van der Waals surface area contributed by atoms with Gasteiger partial charge in [-0.1, -0.05) is 36.0 Å². The molecule has 0 atom stereocenters. The number of ether oxygens (including phenoxy) is 2. The maximum Gasteiger partial charge on any atom is 0.387 e. The molecule has 178 valence electrons. The second-order valence-electron chi connectivity index (χ2n) is 6.98. The predicted molar refractivity (Wildman–Crippen MR) is 121 cm³/mol. The van der Waals surface area contributed by atoms with E-state index in [1.54, 1.807) is 31.2 Å². The SMILES string of the molecule is COc1ccc(/C=C/C(=O)c2cccc(OC(F)F)c2)cc1CSc1nc(C)cc(C(F)F)n1. The molecular formula is C24H20F4N2O3S. The Kier molecular flexibility index (Phi) is 8.64. The van der Waals surface area contributed by atoms with Crippen LogP contribution in [0.2, 0.25) is 0 Å². The molecule has 1 heterocycles. The van der Waals surface area contributed by atoms with Gasteiger partial charge in [0.2, 0.25) is 0 Å². The first kappa shape index (κ1) is 25.2. The maximum absolute atomic E-state index is 13.0. The third-order valence-electron chi connectivity index (χ3n) is 4.51. The number of nitrogens with zero attached hydrogens (tertiary/aromatic N) is 2. The van der Waals surface area contributed by atoms with Gasteiger partial charge >= 0.3 is 6.61 Å². The molecule has 0 fully saturated rings. The summed E-state index contributed by atoms with van der Waals surface area (Å²) < 4.78 is 60.5. The minimum Gasteiger partial charge on any atom is -0.496 e. The average Bonchev–Trinajstić information content (AvgIpc) is 2.80. The lowest BCUT2D eigenvalue weighted by atomic mass is 10.1. The summed E-state index contributed by atoms with van der Waals surface area (Å²) in [5.74, 6) is 0.429. The molecule has 0 aliphatic carbocycles. The normalized spacial score (nSPS) is 11.4. The molecule has 3 rings (SSSR count). The Hall–Kier alpha value is -3.40. The fourth-order valence-electron chi connectivity index (χ4n) is 2.99. The van der Waals surface area contributed by atoms with E-state index in [1.807, 2.05) is 0 Å². The highest BCUT2D eigenvalue weighted by Gasteiger charge is 2.13. The van der Waals surface area contributed by atoms with Gasteiger partial charge in [-0.05, 0) is 48.9 Å². The van der Waals surface area contributed by atoms with E-state index in [4.69, 9.17) is 4.74 Å². The summed E-state index contributed by atoms with van der Waals surface area (Å²) in [4.78, 5) is 20.5. The van der Waals surface area contributed by atoms with Crippen molar-refractivity contribution in [3.8, 4) is 11.5 Å². The molecule has 0 saturated carbocycles. The molecule has 0 aliphatic heterocycles. The Morgan fingerprint density at radius 3 is 2.59 bits per heavy atom. The number of aromatic nitrogens is 2. The summed E-state index contributed by atoms with van der Waals surface area (Å²) in [5.41, 5.74) is 1.74. The van der Waals surface area contributed by atoms with E-state index in [-0.39, 0.29) is 27.9 Å². The third kappa shape index (κ3) is 7.05. The lowest BCUT2D eigenvalue weighted by Crippen LogP contribution is -2.03. The number of carbonyl (C=O) groups is 1. The Labute approximate surface area is 197 Å². The molecule has 10 heteroatoms. The van der Waals surface area contributed by atoms with Crippen molar-refractivity contribution >= 4 is 23.6 Å². The van der Waals surface area contributed by atoms with Crippen molar-refractivity contribution in [2.45, 2.75) is 30.9 Å². The van der Waals surface area contributed by atoms with Crippen molar-refractivity contribution in [2.75, 3.05) is 7.11 Å². The average molecular weight is 492 g/mol. The zero-order valence-electron chi connectivity index (χ0n) is 18.2. The van der Waals surface area contributed by atoms with E-state index in [0.29, 0.717) is 22.8 Å². The van der Waals surface area contributed by atoms with Crippen LogP contribution in [0.3, 0.4) is 0 Å². The van der Waals surface area contributed by atoms with E-state index < -0.39 is 13.0 Å². The number of hydrogen-bond donors (Lipinski definition) is 0. The summed E-state index contributed by atoms with van der Waals surface area (Å²) in [6.45, 7) is -1.36. The summed E-state index contributed by atoms with van der Waals surface area (Å²) in [6, 6.07) is 12.0. The lowest BCUT2D eigenvalue weighted by Gasteiger charge is -2.10. The van der Waals surface area contributed by atoms with Crippen molar-refractivity contribution in [2.24, 2.45) is 0 Å². The van der Waals surface area contributed by atoms with E-state index in [9.17, 15) is 22.4 Å². The molecular weight excluding hydrogens is 472 g/mol. The quantitative estimate of drug-likeness (QED) is 0.106. The highest BCUT2D eigenvalue weighted by Crippen LogP contribution is 2.29. The van der Waals surface area contributed by atoms with Crippen LogP contribution < -0.4 is 9.47 Å². The first-order valence-electron chi connectivity index (χ1n) is 9.96. The summed E-state index contributed by atoms with van der Waals surface area (Å²) >= 11 is 1.18. The van der Waals surface area contributed by atoms with Crippen molar-refractivity contribution < 1.29 is 31.8 Å². The first-order chi connectivity index (χ1) is 16.2. The van der Waals surface area contributed by atoms with Crippen LogP contribution in [-0.2, 0) is 5.75 Å². The van der Waals surface area contributed by atoms with Gasteiger partial charge in [-0.15, -0.1) is 0 Å². The van der Waals surface area contributed by atoms with Crippen LogP contribution in [0.15, 0.2) is 59.8 Å². The second kappa shape index (κ2) is 11.6. The standard InChI is InChI=1S/C24H20F4N2O3S/c1-14-10-19(22(25)26)30-24(29-14)34-13-17-11-15(7-9-21(17)32-2)6-8-20(31)16-4-3-5-18(12-16)33-23(27)28/h3-12,22-23H,13H2,1-2H3/b8-6+. The van der Waals surface area contributed by atoms with Gasteiger partial charge in [0.1, 0.15) is 17.2 Å². The summed E-state index contributed by atoms with van der Waals surface area (Å²) in [7, 11) is 1.51. The molecule has 34 heavy (non-hydrogen) atoms. The minimum absolute atomic E-state index is 0.105. The van der Waals surface area contributed by atoms with Crippen LogP contribution in [0.1, 0.15) is 39.3 Å². The number of rotatable bonds is 10. The van der Waals surface area contributed by atoms with Gasteiger partial charge in [0, 0.05) is 22.6 Å². The number of halogens is 4. The molecule has 0 unspecified atom stereocenters. The second-order valence-corrected chi connectivity index (χ2v) is 7.92. The number of ketones is 1. The van der Waals surface area contributed by atoms with Gasteiger partial charge in [0.05, 0.1) is 7.11 Å². The zero-order valence-corrected chi connectivity index (χ0v) is 19.0. The minimum atomic E-state index is -2.98. The molecule has 2 aromatic carbocycles. The van der Waals surface area contributed by atoms with Crippen LogP contribution in [0, 0.1) is 6.92 Å². The van der Waals surface area contributed by atoms with Crippen molar-refractivity contribution in [3.63, 3.8) is 0 Å². The van der Waals surface area contributed by atoms with E-state index in [1.165, 1.54) is 55.3 Å². The molecule has 1 aromatic heterocycles. The molecule has 5 nitrogen and oxygen atoms in total. The number of alkyl halides is 4. The molecule has 0 amide bonds. The van der Waals surface area contributed by atoms with Crippen LogP contribution in [0.5, 0.6) is 11.5 Å². The van der Waals surface area contributed by atoms with Crippen molar-refractivity contribution in [3.05, 3.63) is 82.7 Å².